The third-order valence-corrected chi connectivity index (χ3v) is 5.82. The summed E-state index contributed by atoms with van der Waals surface area (Å²) < 4.78 is 5.32. The molecule has 8 nitrogen and oxygen atoms in total. The van der Waals surface area contributed by atoms with Crippen LogP contribution in [-0.2, 0) is 14.3 Å². The monoisotopic (exact) mass is 505 g/mol. The Morgan fingerprint density at radius 3 is 2.25 bits per heavy atom. The molecule has 2 atom stereocenters. The van der Waals surface area contributed by atoms with E-state index in [-0.39, 0.29) is 17.6 Å². The van der Waals surface area contributed by atoms with Gasteiger partial charge in [0.15, 0.2) is 0 Å². The maximum Gasteiger partial charge on any atom is 0.408 e. The number of hydrogen-bond acceptors (Lipinski definition) is 5. The quantitative estimate of drug-likeness (QED) is 0.295. The molecule has 3 N–H and O–H groups in total. The van der Waals surface area contributed by atoms with Gasteiger partial charge >= 0.3 is 6.09 Å². The Morgan fingerprint density at radius 2 is 1.67 bits per heavy atom. The number of aromatic hydroxyl groups is 1. The second-order valence-electron chi connectivity index (χ2n) is 10.4. The SMILES string of the molecule is CCCCCCN(C(=O)C(C)NC(=O)OC(C)(C)C)C(C(=O)NCCCCC)c1ccc(O)c(C)c1. The molecular formula is C28H47N3O5. The van der Waals surface area contributed by atoms with E-state index in [9.17, 15) is 19.5 Å². The number of aryl methyl sites for hydroxylation is 1. The van der Waals surface area contributed by atoms with E-state index in [0.717, 1.165) is 44.9 Å². The molecule has 0 heterocycles. The van der Waals surface area contributed by atoms with Crippen LogP contribution in [0.4, 0.5) is 4.79 Å². The van der Waals surface area contributed by atoms with Gasteiger partial charge in [0.05, 0.1) is 0 Å². The molecule has 0 spiro atoms. The highest BCUT2D eigenvalue weighted by Gasteiger charge is 2.34. The fourth-order valence-corrected chi connectivity index (χ4v) is 3.88. The molecule has 0 radical (unpaired) electrons. The van der Waals surface area contributed by atoms with Crippen molar-refractivity contribution in [2.75, 3.05) is 13.1 Å². The van der Waals surface area contributed by atoms with Crippen molar-refractivity contribution in [2.24, 2.45) is 0 Å². The van der Waals surface area contributed by atoms with Gasteiger partial charge in [-0.25, -0.2) is 4.79 Å². The van der Waals surface area contributed by atoms with Crippen molar-refractivity contribution in [1.82, 2.24) is 15.5 Å². The summed E-state index contributed by atoms with van der Waals surface area (Å²) in [6.07, 6.45) is 5.93. The highest BCUT2D eigenvalue weighted by molar-refractivity contribution is 5.92. The summed E-state index contributed by atoms with van der Waals surface area (Å²) in [5.74, 6) is -0.511. The van der Waals surface area contributed by atoms with E-state index >= 15 is 0 Å². The summed E-state index contributed by atoms with van der Waals surface area (Å²) in [5, 5.41) is 15.7. The van der Waals surface area contributed by atoms with Crippen LogP contribution in [0.5, 0.6) is 5.75 Å². The minimum absolute atomic E-state index is 0.127. The van der Waals surface area contributed by atoms with E-state index in [1.807, 2.05) is 0 Å². The van der Waals surface area contributed by atoms with Crippen LogP contribution in [0, 0.1) is 6.92 Å². The molecule has 0 aliphatic rings. The van der Waals surface area contributed by atoms with Gasteiger partial charge in [0.1, 0.15) is 23.4 Å². The van der Waals surface area contributed by atoms with Crippen LogP contribution in [0.15, 0.2) is 18.2 Å². The second kappa shape index (κ2) is 15.4. The molecule has 0 fully saturated rings. The van der Waals surface area contributed by atoms with Gasteiger partial charge < -0.3 is 25.4 Å². The summed E-state index contributed by atoms with van der Waals surface area (Å²) in [5.41, 5.74) is 0.540. The first-order valence-corrected chi connectivity index (χ1v) is 13.3. The number of nitrogens with one attached hydrogen (secondary N) is 2. The molecule has 2 unspecified atom stereocenters. The lowest BCUT2D eigenvalue weighted by molar-refractivity contribution is -0.142. The predicted molar refractivity (Wildman–Crippen MR) is 143 cm³/mol. The van der Waals surface area contributed by atoms with Crippen LogP contribution < -0.4 is 10.6 Å². The fraction of sp³-hybridized carbons (Fsp3) is 0.679. The van der Waals surface area contributed by atoms with Crippen LogP contribution in [0.3, 0.4) is 0 Å². The number of ether oxygens (including phenoxy) is 1. The molecule has 0 aliphatic heterocycles. The summed E-state index contributed by atoms with van der Waals surface area (Å²) >= 11 is 0. The number of carbonyl (C=O) groups is 3. The van der Waals surface area contributed by atoms with Gasteiger partial charge in [-0.1, -0.05) is 52.0 Å². The summed E-state index contributed by atoms with van der Waals surface area (Å²) in [6, 6.07) is 3.19. The van der Waals surface area contributed by atoms with Crippen molar-refractivity contribution in [1.29, 1.82) is 0 Å². The van der Waals surface area contributed by atoms with Gasteiger partial charge in [-0.05, 0) is 70.7 Å². The maximum atomic E-state index is 13.7. The van der Waals surface area contributed by atoms with Crippen LogP contribution in [0.25, 0.3) is 0 Å². The lowest BCUT2D eigenvalue weighted by Crippen LogP contribution is -2.52. The second-order valence-corrected chi connectivity index (χ2v) is 10.4. The van der Waals surface area contributed by atoms with E-state index in [1.165, 1.54) is 0 Å². The largest absolute Gasteiger partial charge is 0.508 e. The molecule has 0 aliphatic carbocycles. The number of rotatable bonds is 14. The summed E-state index contributed by atoms with van der Waals surface area (Å²) in [6.45, 7) is 13.7. The van der Waals surface area contributed by atoms with E-state index in [2.05, 4.69) is 24.5 Å². The Bertz CT molecular complexity index is 850. The third-order valence-electron chi connectivity index (χ3n) is 5.82. The number of phenolic OH excluding ortho intramolecular Hbond substituents is 1. The number of unbranched alkanes of at least 4 members (excludes halogenated alkanes) is 5. The molecule has 3 amide bonds. The molecule has 0 bridgehead atoms. The zero-order valence-electron chi connectivity index (χ0n) is 23.3. The van der Waals surface area contributed by atoms with Crippen molar-refractivity contribution in [3.8, 4) is 5.75 Å². The third kappa shape index (κ3) is 10.9. The zero-order valence-corrected chi connectivity index (χ0v) is 23.3. The Labute approximate surface area is 217 Å². The van der Waals surface area contributed by atoms with Crippen molar-refractivity contribution in [3.63, 3.8) is 0 Å². The molecule has 1 rings (SSSR count). The minimum atomic E-state index is -0.889. The lowest BCUT2D eigenvalue weighted by atomic mass is 9.99. The average molecular weight is 506 g/mol. The number of hydrogen-bond donors (Lipinski definition) is 3. The van der Waals surface area contributed by atoms with Gasteiger partial charge in [0.25, 0.3) is 0 Å². The first-order chi connectivity index (χ1) is 16.9. The molecule has 0 saturated heterocycles. The molecular weight excluding hydrogens is 458 g/mol. The van der Waals surface area contributed by atoms with E-state index in [1.54, 1.807) is 57.7 Å². The first-order valence-electron chi connectivity index (χ1n) is 13.3. The first kappa shape index (κ1) is 31.3. The molecule has 204 valence electrons. The Balaban J connectivity index is 3.29. The van der Waals surface area contributed by atoms with E-state index in [4.69, 9.17) is 4.74 Å². The van der Waals surface area contributed by atoms with Crippen molar-refractivity contribution < 1.29 is 24.2 Å². The van der Waals surface area contributed by atoms with Crippen molar-refractivity contribution in [3.05, 3.63) is 29.3 Å². The Kier molecular flexibility index (Phi) is 13.3. The molecule has 0 aromatic heterocycles. The van der Waals surface area contributed by atoms with E-state index in [0.29, 0.717) is 24.2 Å². The van der Waals surface area contributed by atoms with E-state index < -0.39 is 23.8 Å². The standard InChI is InChI=1S/C28H47N3O5/c1-8-10-12-14-18-31(26(34)21(4)30-27(35)36-28(5,6)7)24(25(33)29-17-13-11-9-2)22-15-16-23(32)20(3)19-22/h15-16,19,21,24,32H,8-14,17-18H2,1-7H3,(H,29,33)(H,30,35). The molecule has 1 aromatic carbocycles. The number of phenols is 1. The number of amides is 3. The maximum absolute atomic E-state index is 13.7. The summed E-state index contributed by atoms with van der Waals surface area (Å²) in [7, 11) is 0. The smallest absolute Gasteiger partial charge is 0.408 e. The number of alkyl carbamates (subject to hydrolysis) is 1. The van der Waals surface area contributed by atoms with Gasteiger partial charge in [0.2, 0.25) is 11.8 Å². The Morgan fingerprint density at radius 1 is 1.03 bits per heavy atom. The number of benzene rings is 1. The molecule has 36 heavy (non-hydrogen) atoms. The average Bonchev–Trinajstić information content (AvgIpc) is 2.79. The van der Waals surface area contributed by atoms with Crippen LogP contribution >= 0.6 is 0 Å². The van der Waals surface area contributed by atoms with Crippen molar-refractivity contribution in [2.45, 2.75) is 111 Å². The normalized spacial score (nSPS) is 13.0. The molecule has 0 saturated carbocycles. The summed E-state index contributed by atoms with van der Waals surface area (Å²) in [4.78, 5) is 41.1. The van der Waals surface area contributed by atoms with Crippen molar-refractivity contribution >= 4 is 17.9 Å². The lowest BCUT2D eigenvalue weighted by Gasteiger charge is -2.34. The fourth-order valence-electron chi connectivity index (χ4n) is 3.88. The Hall–Kier alpha value is -2.77. The van der Waals surface area contributed by atoms with Crippen LogP contribution in [0.2, 0.25) is 0 Å². The topological polar surface area (TPSA) is 108 Å². The van der Waals surface area contributed by atoms with Gasteiger partial charge in [-0.2, -0.15) is 0 Å². The zero-order chi connectivity index (χ0) is 27.3. The minimum Gasteiger partial charge on any atom is -0.508 e. The highest BCUT2D eigenvalue weighted by atomic mass is 16.6. The molecule has 8 heteroatoms. The predicted octanol–water partition coefficient (Wildman–Crippen LogP) is 5.37. The van der Waals surface area contributed by atoms with Crippen LogP contribution in [-0.4, -0.2) is 52.6 Å². The molecule has 1 aromatic rings. The van der Waals surface area contributed by atoms with Gasteiger partial charge in [-0.3, -0.25) is 9.59 Å². The number of nitrogens with zero attached hydrogens (tertiary/aromatic N) is 1. The number of carbonyl (C=O) groups excluding carboxylic acids is 3. The van der Waals surface area contributed by atoms with Gasteiger partial charge in [-0.15, -0.1) is 0 Å². The van der Waals surface area contributed by atoms with Crippen LogP contribution in [0.1, 0.15) is 104 Å². The van der Waals surface area contributed by atoms with Gasteiger partial charge in [0, 0.05) is 13.1 Å². The highest BCUT2D eigenvalue weighted by Crippen LogP contribution is 2.27.